The number of ketones is 1. The minimum absolute atomic E-state index is 0.171. The number of carbonyl (C=O) groups is 4. The number of nitro groups is 1. The molecule has 1 aliphatic heterocycles. The number of ether oxygens (including phenoxy) is 1. The molecule has 166 valence electrons. The molecular weight excluding hydrogens is 418 g/mol. The molecule has 0 radical (unpaired) electrons. The minimum atomic E-state index is -1.05. The van der Waals surface area contributed by atoms with Gasteiger partial charge in [0.1, 0.15) is 5.56 Å². The lowest BCUT2D eigenvalue weighted by molar-refractivity contribution is -0.385. The predicted molar refractivity (Wildman–Crippen MR) is 111 cm³/mol. The molecule has 0 saturated carbocycles. The van der Waals surface area contributed by atoms with Crippen LogP contribution in [-0.4, -0.2) is 46.1 Å². The highest BCUT2D eigenvalue weighted by atomic mass is 16.6. The Morgan fingerprint density at radius 1 is 1.16 bits per heavy atom. The molecule has 3 rings (SSSR count). The SMILES string of the molecule is Cc1ccc(C(=O)[C@H](C)OC(=O)[C@H]2CC(=O)N(NC(=O)c3ccccc3[N+](=O)[O-])C2)cc1. The fourth-order valence-electron chi connectivity index (χ4n) is 3.26. The molecule has 32 heavy (non-hydrogen) atoms. The van der Waals surface area contributed by atoms with Gasteiger partial charge >= 0.3 is 5.97 Å². The maximum absolute atomic E-state index is 12.5. The van der Waals surface area contributed by atoms with Crippen molar-refractivity contribution >= 4 is 29.3 Å². The monoisotopic (exact) mass is 439 g/mol. The Morgan fingerprint density at radius 3 is 2.47 bits per heavy atom. The molecule has 1 N–H and O–H groups in total. The van der Waals surface area contributed by atoms with Gasteiger partial charge in [0.25, 0.3) is 11.6 Å². The lowest BCUT2D eigenvalue weighted by atomic mass is 10.1. The Kier molecular flexibility index (Phi) is 6.62. The third-order valence-electron chi connectivity index (χ3n) is 5.04. The van der Waals surface area contributed by atoms with Gasteiger partial charge in [0, 0.05) is 18.1 Å². The van der Waals surface area contributed by atoms with Crippen molar-refractivity contribution in [2.45, 2.75) is 26.4 Å². The number of hydrogen-bond donors (Lipinski definition) is 1. The number of para-hydroxylation sites is 1. The zero-order valence-electron chi connectivity index (χ0n) is 17.4. The van der Waals surface area contributed by atoms with E-state index >= 15 is 0 Å². The van der Waals surface area contributed by atoms with Crippen molar-refractivity contribution in [3.05, 3.63) is 75.3 Å². The van der Waals surface area contributed by atoms with Crippen LogP contribution < -0.4 is 5.43 Å². The Bertz CT molecular complexity index is 1080. The number of rotatable bonds is 7. The van der Waals surface area contributed by atoms with Gasteiger partial charge in [0.2, 0.25) is 11.7 Å². The number of nitrogens with one attached hydrogen (secondary N) is 1. The van der Waals surface area contributed by atoms with Crippen molar-refractivity contribution in [2.75, 3.05) is 6.54 Å². The fraction of sp³-hybridized carbons (Fsp3) is 0.273. The molecule has 0 aromatic heterocycles. The van der Waals surface area contributed by atoms with Crippen molar-refractivity contribution < 1.29 is 28.8 Å². The number of esters is 1. The molecule has 0 bridgehead atoms. The second-order valence-corrected chi connectivity index (χ2v) is 7.43. The quantitative estimate of drug-likeness (QED) is 0.302. The van der Waals surface area contributed by atoms with Gasteiger partial charge in [-0.25, -0.2) is 0 Å². The number of benzene rings is 2. The number of hydrazine groups is 1. The van der Waals surface area contributed by atoms with Gasteiger partial charge in [-0.3, -0.25) is 39.7 Å². The van der Waals surface area contributed by atoms with Crippen LogP contribution in [0.15, 0.2) is 48.5 Å². The van der Waals surface area contributed by atoms with Gasteiger partial charge in [-0.2, -0.15) is 0 Å². The minimum Gasteiger partial charge on any atom is -0.454 e. The van der Waals surface area contributed by atoms with Gasteiger partial charge in [-0.15, -0.1) is 0 Å². The van der Waals surface area contributed by atoms with E-state index in [2.05, 4.69) is 5.43 Å². The van der Waals surface area contributed by atoms with Crippen molar-refractivity contribution in [3.8, 4) is 0 Å². The van der Waals surface area contributed by atoms with E-state index in [9.17, 15) is 29.3 Å². The van der Waals surface area contributed by atoms with Crippen LogP contribution in [0, 0.1) is 23.0 Å². The van der Waals surface area contributed by atoms with E-state index in [0.29, 0.717) is 5.56 Å². The molecule has 2 aromatic rings. The van der Waals surface area contributed by atoms with Crippen LogP contribution in [0.2, 0.25) is 0 Å². The van der Waals surface area contributed by atoms with Gasteiger partial charge in [0.15, 0.2) is 6.10 Å². The fourth-order valence-corrected chi connectivity index (χ4v) is 3.26. The summed E-state index contributed by atoms with van der Waals surface area (Å²) in [6.45, 7) is 3.16. The molecule has 1 saturated heterocycles. The molecule has 0 spiro atoms. The lowest BCUT2D eigenvalue weighted by Crippen LogP contribution is -2.43. The molecule has 1 heterocycles. The molecule has 0 unspecified atom stereocenters. The zero-order valence-corrected chi connectivity index (χ0v) is 17.4. The number of Topliss-reactive ketones (excluding diaryl/α,β-unsaturated/α-hetero) is 1. The first-order chi connectivity index (χ1) is 15.2. The third kappa shape index (κ3) is 4.97. The van der Waals surface area contributed by atoms with E-state index in [1.807, 2.05) is 6.92 Å². The maximum Gasteiger partial charge on any atom is 0.312 e. The molecule has 0 aliphatic carbocycles. The third-order valence-corrected chi connectivity index (χ3v) is 5.04. The Morgan fingerprint density at radius 2 is 1.81 bits per heavy atom. The van der Waals surface area contributed by atoms with Crippen LogP contribution in [0.4, 0.5) is 5.69 Å². The highest BCUT2D eigenvalue weighted by Gasteiger charge is 2.38. The molecule has 1 aliphatic rings. The maximum atomic E-state index is 12.5. The van der Waals surface area contributed by atoms with Gasteiger partial charge in [-0.05, 0) is 19.9 Å². The average molecular weight is 439 g/mol. The van der Waals surface area contributed by atoms with E-state index in [-0.39, 0.29) is 24.3 Å². The Balaban J connectivity index is 1.61. The second-order valence-electron chi connectivity index (χ2n) is 7.43. The molecule has 10 nitrogen and oxygen atoms in total. The van der Waals surface area contributed by atoms with Crippen molar-refractivity contribution in [2.24, 2.45) is 5.92 Å². The molecule has 2 aromatic carbocycles. The average Bonchev–Trinajstić information content (AvgIpc) is 3.14. The highest BCUT2D eigenvalue weighted by molar-refractivity contribution is 6.01. The van der Waals surface area contributed by atoms with E-state index < -0.39 is 40.4 Å². The molecular formula is C22H21N3O7. The number of amides is 2. The lowest BCUT2D eigenvalue weighted by Gasteiger charge is -2.18. The standard InChI is InChI=1S/C22H21N3O7/c1-13-7-9-15(10-8-13)20(27)14(2)32-22(29)16-11-19(26)24(12-16)23-21(28)17-5-3-4-6-18(17)25(30)31/h3-10,14,16H,11-12H2,1-2H3,(H,23,28)/t14-,16-/m0/s1. The summed E-state index contributed by atoms with van der Waals surface area (Å²) in [6, 6.07) is 12.1. The highest BCUT2D eigenvalue weighted by Crippen LogP contribution is 2.21. The number of nitro benzene ring substituents is 1. The largest absolute Gasteiger partial charge is 0.454 e. The summed E-state index contributed by atoms with van der Waals surface area (Å²) < 4.78 is 5.25. The summed E-state index contributed by atoms with van der Waals surface area (Å²) in [5, 5.41) is 12.0. The molecule has 2 atom stereocenters. The summed E-state index contributed by atoms with van der Waals surface area (Å²) >= 11 is 0. The molecule has 10 heteroatoms. The van der Waals surface area contributed by atoms with E-state index in [1.54, 1.807) is 24.3 Å². The number of aryl methyl sites for hydroxylation is 1. The van der Waals surface area contributed by atoms with Crippen molar-refractivity contribution in [1.82, 2.24) is 10.4 Å². The topological polar surface area (TPSA) is 136 Å². The van der Waals surface area contributed by atoms with Crippen LogP contribution in [0.3, 0.4) is 0 Å². The van der Waals surface area contributed by atoms with Gasteiger partial charge < -0.3 is 4.74 Å². The van der Waals surface area contributed by atoms with Crippen LogP contribution in [0.1, 0.15) is 39.6 Å². The zero-order chi connectivity index (χ0) is 23.4. The Hall–Kier alpha value is -4.08. The van der Waals surface area contributed by atoms with Gasteiger partial charge in [0.05, 0.1) is 17.4 Å². The first kappa shape index (κ1) is 22.6. The smallest absolute Gasteiger partial charge is 0.312 e. The molecule has 2 amide bonds. The van der Waals surface area contributed by atoms with E-state index in [0.717, 1.165) is 10.6 Å². The Labute approximate surface area is 183 Å². The van der Waals surface area contributed by atoms with Crippen LogP contribution in [-0.2, 0) is 14.3 Å². The first-order valence-corrected chi connectivity index (χ1v) is 9.83. The van der Waals surface area contributed by atoms with Crippen molar-refractivity contribution in [3.63, 3.8) is 0 Å². The molecule has 1 fully saturated rings. The van der Waals surface area contributed by atoms with E-state index in [1.165, 1.54) is 31.2 Å². The summed E-state index contributed by atoms with van der Waals surface area (Å²) in [4.78, 5) is 60.0. The van der Waals surface area contributed by atoms with E-state index in [4.69, 9.17) is 4.74 Å². The summed E-state index contributed by atoms with van der Waals surface area (Å²) in [6.07, 6.45) is -1.27. The summed E-state index contributed by atoms with van der Waals surface area (Å²) in [5.41, 5.74) is 3.06. The normalized spacial score (nSPS) is 16.4. The second kappa shape index (κ2) is 9.38. The van der Waals surface area contributed by atoms with Crippen LogP contribution >= 0.6 is 0 Å². The van der Waals surface area contributed by atoms with Crippen LogP contribution in [0.5, 0.6) is 0 Å². The van der Waals surface area contributed by atoms with Crippen molar-refractivity contribution in [1.29, 1.82) is 0 Å². The van der Waals surface area contributed by atoms with Crippen LogP contribution in [0.25, 0.3) is 0 Å². The number of nitrogens with zero attached hydrogens (tertiary/aromatic N) is 2. The number of carbonyl (C=O) groups excluding carboxylic acids is 4. The van der Waals surface area contributed by atoms with Gasteiger partial charge in [-0.1, -0.05) is 42.0 Å². The summed E-state index contributed by atoms with van der Waals surface area (Å²) in [5.74, 6) is -3.39. The number of hydrogen-bond acceptors (Lipinski definition) is 7. The predicted octanol–water partition coefficient (Wildman–Crippen LogP) is 2.21. The first-order valence-electron chi connectivity index (χ1n) is 9.83. The summed E-state index contributed by atoms with van der Waals surface area (Å²) in [7, 11) is 0.